The van der Waals surface area contributed by atoms with Gasteiger partial charge < -0.3 is 9.47 Å². The van der Waals surface area contributed by atoms with E-state index in [9.17, 15) is 9.59 Å². The Kier molecular flexibility index (Phi) is 2.05. The minimum atomic E-state index is -0.826. The fourth-order valence-electron chi connectivity index (χ4n) is 0.930. The molecule has 60 valence electrons. The zero-order valence-electron chi connectivity index (χ0n) is 6.29. The highest BCUT2D eigenvalue weighted by atomic mass is 16.6. The van der Waals surface area contributed by atoms with Gasteiger partial charge in [0.05, 0.1) is 5.57 Å². The molecule has 0 aromatic heterocycles. The molecule has 0 aromatic carbocycles. The van der Waals surface area contributed by atoms with Crippen molar-refractivity contribution in [1.29, 1.82) is 0 Å². The predicted octanol–water partition coefficient (Wildman–Crippen LogP) is 0.0311. The van der Waals surface area contributed by atoms with Crippen LogP contribution in [0.25, 0.3) is 0 Å². The van der Waals surface area contributed by atoms with Crippen LogP contribution in [0.3, 0.4) is 0 Å². The van der Waals surface area contributed by atoms with E-state index < -0.39 is 18.0 Å². The molecule has 0 aliphatic carbocycles. The fourth-order valence-corrected chi connectivity index (χ4v) is 0.930. The number of methoxy groups -OCH3 is 1. The Morgan fingerprint density at radius 1 is 1.55 bits per heavy atom. The molecule has 0 saturated carbocycles. The minimum absolute atomic E-state index is 0.275. The van der Waals surface area contributed by atoms with Crippen LogP contribution >= 0.6 is 0 Å². The molecule has 0 bridgehead atoms. The molecule has 0 spiro atoms. The summed E-state index contributed by atoms with van der Waals surface area (Å²) in [5, 5.41) is 0. The Labute approximate surface area is 63.8 Å². The average molecular weight is 156 g/mol. The zero-order valence-corrected chi connectivity index (χ0v) is 6.29. The van der Waals surface area contributed by atoms with Gasteiger partial charge in [-0.25, -0.2) is 9.59 Å². The molecule has 0 amide bonds. The van der Waals surface area contributed by atoms with E-state index in [1.807, 2.05) is 0 Å². The molecule has 1 saturated heterocycles. The molecule has 0 aromatic rings. The number of ether oxygens (including phenoxy) is 2. The lowest BCUT2D eigenvalue weighted by molar-refractivity contribution is -0.154. The maximum absolute atomic E-state index is 10.8. The highest BCUT2D eigenvalue weighted by molar-refractivity contribution is 6.09. The van der Waals surface area contributed by atoms with E-state index in [1.165, 1.54) is 13.2 Å². The van der Waals surface area contributed by atoms with E-state index in [0.29, 0.717) is 0 Å². The van der Waals surface area contributed by atoms with E-state index in [0.717, 1.165) is 0 Å². The van der Waals surface area contributed by atoms with Gasteiger partial charge in [0.1, 0.15) is 0 Å². The summed E-state index contributed by atoms with van der Waals surface area (Å²) in [6.45, 7) is 1.65. The Balaban J connectivity index is 2.93. The van der Waals surface area contributed by atoms with Gasteiger partial charge in [-0.2, -0.15) is 0 Å². The Bertz CT molecular complexity index is 229. The lowest BCUT2D eigenvalue weighted by Gasteiger charge is -2.00. The van der Waals surface area contributed by atoms with Crippen LogP contribution in [0.1, 0.15) is 6.92 Å². The third-order valence-corrected chi connectivity index (χ3v) is 1.47. The quantitative estimate of drug-likeness (QED) is 0.305. The third kappa shape index (κ3) is 1.17. The first-order valence-corrected chi connectivity index (χ1v) is 3.15. The fraction of sp³-hybridized carbons (Fsp3) is 0.429. The maximum atomic E-state index is 10.8. The topological polar surface area (TPSA) is 52.6 Å². The van der Waals surface area contributed by atoms with Gasteiger partial charge >= 0.3 is 11.9 Å². The van der Waals surface area contributed by atoms with Crippen LogP contribution in [-0.2, 0) is 19.1 Å². The van der Waals surface area contributed by atoms with Crippen LogP contribution in [0.2, 0.25) is 0 Å². The van der Waals surface area contributed by atoms with E-state index in [2.05, 4.69) is 4.74 Å². The number of carbonyl (C=O) groups excluding carboxylic acids is 2. The molecule has 1 heterocycles. The molecule has 0 radical (unpaired) electrons. The molecule has 4 heteroatoms. The molecule has 1 atom stereocenters. The second kappa shape index (κ2) is 2.84. The van der Waals surface area contributed by atoms with Gasteiger partial charge in [0.15, 0.2) is 6.10 Å². The second-order valence-corrected chi connectivity index (χ2v) is 2.07. The van der Waals surface area contributed by atoms with Crippen molar-refractivity contribution < 1.29 is 19.1 Å². The number of cyclic esters (lactones) is 2. The lowest BCUT2D eigenvalue weighted by Crippen LogP contribution is -2.18. The monoisotopic (exact) mass is 156 g/mol. The van der Waals surface area contributed by atoms with Crippen LogP contribution in [0, 0.1) is 0 Å². The first-order valence-electron chi connectivity index (χ1n) is 3.15. The maximum Gasteiger partial charge on any atom is 0.348 e. The summed E-state index contributed by atoms with van der Waals surface area (Å²) in [6, 6.07) is 0. The van der Waals surface area contributed by atoms with Gasteiger partial charge in [-0.3, -0.25) is 0 Å². The van der Waals surface area contributed by atoms with Crippen molar-refractivity contribution in [2.24, 2.45) is 0 Å². The molecule has 0 N–H and O–H groups in total. The predicted molar refractivity (Wildman–Crippen MR) is 35.7 cm³/mol. The van der Waals surface area contributed by atoms with Gasteiger partial charge in [0, 0.05) is 7.11 Å². The molecular weight excluding hydrogens is 148 g/mol. The van der Waals surface area contributed by atoms with Crippen molar-refractivity contribution in [3.63, 3.8) is 0 Å². The van der Waals surface area contributed by atoms with Gasteiger partial charge in [0.25, 0.3) is 0 Å². The van der Waals surface area contributed by atoms with Crippen molar-refractivity contribution >= 4 is 11.9 Å². The molecule has 1 unspecified atom stereocenters. The normalized spacial score (nSPS) is 27.8. The van der Waals surface area contributed by atoms with Crippen LogP contribution in [0.4, 0.5) is 0 Å². The number of esters is 2. The summed E-state index contributed by atoms with van der Waals surface area (Å²) in [5.74, 6) is -1.24. The molecule has 1 fully saturated rings. The first-order chi connectivity index (χ1) is 5.20. The number of allylic oxidation sites excluding steroid dienone is 1. The van der Waals surface area contributed by atoms with Gasteiger partial charge in [-0.15, -0.1) is 0 Å². The standard InChI is InChI=1S/C7H8O4/c1-3-4-5(10-2)7(9)11-6(4)8/h3,5H,1-2H3. The van der Waals surface area contributed by atoms with Gasteiger partial charge in [-0.1, -0.05) is 6.08 Å². The summed E-state index contributed by atoms with van der Waals surface area (Å²) in [7, 11) is 1.36. The molecule has 4 nitrogen and oxygen atoms in total. The first kappa shape index (κ1) is 7.94. The second-order valence-electron chi connectivity index (χ2n) is 2.07. The SMILES string of the molecule is CC=C1C(=O)OC(=O)C1OC. The number of carbonyl (C=O) groups is 2. The Hall–Kier alpha value is -1.16. The van der Waals surface area contributed by atoms with Crippen LogP contribution < -0.4 is 0 Å². The molecule has 1 aliphatic rings. The van der Waals surface area contributed by atoms with Crippen molar-refractivity contribution in [3.8, 4) is 0 Å². The Morgan fingerprint density at radius 2 is 2.18 bits per heavy atom. The third-order valence-electron chi connectivity index (χ3n) is 1.47. The van der Waals surface area contributed by atoms with Crippen LogP contribution in [-0.4, -0.2) is 25.2 Å². The number of hydrogen-bond acceptors (Lipinski definition) is 4. The number of rotatable bonds is 1. The minimum Gasteiger partial charge on any atom is -0.387 e. The van der Waals surface area contributed by atoms with E-state index in [-0.39, 0.29) is 5.57 Å². The van der Waals surface area contributed by atoms with Crippen molar-refractivity contribution in [2.45, 2.75) is 13.0 Å². The zero-order chi connectivity index (χ0) is 8.43. The molecular formula is C7H8O4. The smallest absolute Gasteiger partial charge is 0.348 e. The largest absolute Gasteiger partial charge is 0.387 e. The van der Waals surface area contributed by atoms with E-state index >= 15 is 0 Å². The summed E-state index contributed by atoms with van der Waals surface area (Å²) >= 11 is 0. The van der Waals surface area contributed by atoms with Crippen LogP contribution in [0.15, 0.2) is 11.6 Å². The summed E-state index contributed by atoms with van der Waals surface area (Å²) in [6.07, 6.45) is 0.689. The lowest BCUT2D eigenvalue weighted by atomic mass is 10.2. The highest BCUT2D eigenvalue weighted by Crippen LogP contribution is 2.17. The number of hydrogen-bond donors (Lipinski definition) is 0. The summed E-state index contributed by atoms with van der Waals surface area (Å²) in [4.78, 5) is 21.6. The van der Waals surface area contributed by atoms with Crippen molar-refractivity contribution in [2.75, 3.05) is 7.11 Å². The summed E-state index contributed by atoms with van der Waals surface area (Å²) in [5.41, 5.74) is 0.275. The van der Waals surface area contributed by atoms with Gasteiger partial charge in [-0.05, 0) is 6.92 Å². The Morgan fingerprint density at radius 3 is 2.55 bits per heavy atom. The van der Waals surface area contributed by atoms with Crippen molar-refractivity contribution in [1.82, 2.24) is 0 Å². The van der Waals surface area contributed by atoms with Gasteiger partial charge in [0.2, 0.25) is 0 Å². The molecule has 11 heavy (non-hydrogen) atoms. The van der Waals surface area contributed by atoms with E-state index in [4.69, 9.17) is 4.74 Å². The average Bonchev–Trinajstić information content (AvgIpc) is 2.24. The molecule has 1 aliphatic heterocycles. The summed E-state index contributed by atoms with van der Waals surface area (Å²) < 4.78 is 9.03. The van der Waals surface area contributed by atoms with E-state index in [1.54, 1.807) is 6.92 Å². The van der Waals surface area contributed by atoms with Crippen molar-refractivity contribution in [3.05, 3.63) is 11.6 Å². The molecule has 1 rings (SSSR count). The highest BCUT2D eigenvalue weighted by Gasteiger charge is 2.38. The van der Waals surface area contributed by atoms with Crippen LogP contribution in [0.5, 0.6) is 0 Å².